The third-order valence-corrected chi connectivity index (χ3v) is 6.75. The standard InChI is InChI=1S/C22H29N3O3S.HI/c1-23-22(24-13-15-29(26,27)21-10-6-3-7-11-21)25-14-12-20(16-25)18-28-17-19-8-4-2-5-9-19;/h2-11,20H,12-18H2,1H3,(H,23,24);1H. The fourth-order valence-corrected chi connectivity index (χ4v) is 4.63. The van der Waals surface area contributed by atoms with E-state index in [-0.39, 0.29) is 29.7 Å². The van der Waals surface area contributed by atoms with Gasteiger partial charge in [-0.1, -0.05) is 48.5 Å². The normalized spacial score (nSPS) is 16.9. The average Bonchev–Trinajstić information content (AvgIpc) is 3.21. The summed E-state index contributed by atoms with van der Waals surface area (Å²) in [6.07, 6.45) is 1.04. The first kappa shape index (κ1) is 24.6. The summed E-state index contributed by atoms with van der Waals surface area (Å²) in [5, 5.41) is 3.20. The Morgan fingerprint density at radius 1 is 1.13 bits per heavy atom. The average molecular weight is 543 g/mol. The van der Waals surface area contributed by atoms with Crippen LogP contribution in [0.2, 0.25) is 0 Å². The summed E-state index contributed by atoms with van der Waals surface area (Å²) >= 11 is 0. The van der Waals surface area contributed by atoms with E-state index in [9.17, 15) is 8.42 Å². The summed E-state index contributed by atoms with van der Waals surface area (Å²) < 4.78 is 30.7. The lowest BCUT2D eigenvalue weighted by Gasteiger charge is -2.21. The molecule has 1 heterocycles. The highest BCUT2D eigenvalue weighted by Crippen LogP contribution is 2.17. The van der Waals surface area contributed by atoms with Gasteiger partial charge in [-0.15, -0.1) is 24.0 Å². The fourth-order valence-electron chi connectivity index (χ4n) is 3.45. The number of aliphatic imine (C=N–C) groups is 1. The van der Waals surface area contributed by atoms with Crippen LogP contribution in [-0.2, 0) is 21.2 Å². The van der Waals surface area contributed by atoms with Gasteiger partial charge in [-0.25, -0.2) is 8.42 Å². The molecule has 0 bridgehead atoms. The van der Waals surface area contributed by atoms with E-state index in [0.29, 0.717) is 30.6 Å². The Balaban J connectivity index is 0.00000320. The fraction of sp³-hybridized carbons (Fsp3) is 0.409. The number of nitrogens with one attached hydrogen (secondary N) is 1. The zero-order valence-electron chi connectivity index (χ0n) is 17.2. The van der Waals surface area contributed by atoms with Gasteiger partial charge in [0.25, 0.3) is 0 Å². The molecule has 164 valence electrons. The summed E-state index contributed by atoms with van der Waals surface area (Å²) in [7, 11) is -1.56. The van der Waals surface area contributed by atoms with Crippen molar-refractivity contribution in [3.05, 3.63) is 66.2 Å². The minimum absolute atomic E-state index is 0. The first-order valence-electron chi connectivity index (χ1n) is 9.93. The highest BCUT2D eigenvalue weighted by Gasteiger charge is 2.25. The van der Waals surface area contributed by atoms with Crippen LogP contribution in [0.15, 0.2) is 70.6 Å². The summed E-state index contributed by atoms with van der Waals surface area (Å²) in [4.78, 5) is 6.85. The Bertz CT molecular complexity index is 892. The summed E-state index contributed by atoms with van der Waals surface area (Å²) in [5.41, 5.74) is 1.18. The number of nitrogens with zero attached hydrogens (tertiary/aromatic N) is 2. The van der Waals surface area contributed by atoms with E-state index >= 15 is 0 Å². The van der Waals surface area contributed by atoms with E-state index in [0.717, 1.165) is 25.5 Å². The number of rotatable bonds is 8. The molecule has 1 saturated heterocycles. The van der Waals surface area contributed by atoms with Gasteiger partial charge < -0.3 is 15.0 Å². The van der Waals surface area contributed by atoms with Gasteiger partial charge in [0.1, 0.15) is 0 Å². The van der Waals surface area contributed by atoms with Gasteiger partial charge in [0, 0.05) is 32.6 Å². The van der Waals surface area contributed by atoms with Gasteiger partial charge in [-0.2, -0.15) is 0 Å². The predicted molar refractivity (Wildman–Crippen MR) is 131 cm³/mol. The smallest absolute Gasteiger partial charge is 0.193 e. The van der Waals surface area contributed by atoms with Crippen molar-refractivity contribution >= 4 is 39.8 Å². The largest absolute Gasteiger partial charge is 0.376 e. The lowest BCUT2D eigenvalue weighted by molar-refractivity contribution is 0.0907. The number of guanidine groups is 1. The van der Waals surface area contributed by atoms with Crippen molar-refractivity contribution in [2.45, 2.75) is 17.9 Å². The van der Waals surface area contributed by atoms with Crippen LogP contribution in [0.3, 0.4) is 0 Å². The molecule has 1 aliphatic heterocycles. The number of halogens is 1. The van der Waals surface area contributed by atoms with Crippen molar-refractivity contribution in [1.29, 1.82) is 0 Å². The summed E-state index contributed by atoms with van der Waals surface area (Å²) in [6, 6.07) is 18.7. The second kappa shape index (κ2) is 12.3. The van der Waals surface area contributed by atoms with Crippen LogP contribution < -0.4 is 5.32 Å². The molecule has 0 aliphatic carbocycles. The van der Waals surface area contributed by atoms with E-state index in [4.69, 9.17) is 4.74 Å². The molecule has 2 aromatic carbocycles. The Hall–Kier alpha value is -1.65. The maximum atomic E-state index is 12.4. The second-order valence-electron chi connectivity index (χ2n) is 7.21. The number of likely N-dealkylation sites (tertiary alicyclic amines) is 1. The highest BCUT2D eigenvalue weighted by atomic mass is 127. The second-order valence-corrected chi connectivity index (χ2v) is 9.32. The third kappa shape index (κ3) is 7.24. The lowest BCUT2D eigenvalue weighted by atomic mass is 10.1. The summed E-state index contributed by atoms with van der Waals surface area (Å²) in [6.45, 7) is 3.42. The van der Waals surface area contributed by atoms with E-state index < -0.39 is 9.84 Å². The van der Waals surface area contributed by atoms with E-state index in [2.05, 4.69) is 27.3 Å². The molecule has 3 rings (SSSR count). The number of benzene rings is 2. The van der Waals surface area contributed by atoms with Gasteiger partial charge in [-0.05, 0) is 24.1 Å². The molecule has 1 aliphatic rings. The molecule has 0 saturated carbocycles. The molecule has 0 spiro atoms. The van der Waals surface area contributed by atoms with Gasteiger partial charge >= 0.3 is 0 Å². The third-order valence-electron chi connectivity index (χ3n) is 5.02. The quantitative estimate of drug-likeness (QED) is 0.315. The molecule has 30 heavy (non-hydrogen) atoms. The van der Waals surface area contributed by atoms with Crippen LogP contribution in [0.1, 0.15) is 12.0 Å². The maximum Gasteiger partial charge on any atom is 0.193 e. The van der Waals surface area contributed by atoms with Crippen LogP contribution >= 0.6 is 24.0 Å². The number of ether oxygens (including phenoxy) is 1. The van der Waals surface area contributed by atoms with Crippen molar-refractivity contribution in [3.8, 4) is 0 Å². The number of hydrogen-bond acceptors (Lipinski definition) is 4. The molecule has 1 atom stereocenters. The van der Waals surface area contributed by atoms with Crippen LogP contribution in [0, 0.1) is 5.92 Å². The molecule has 2 aromatic rings. The Labute approximate surface area is 196 Å². The Morgan fingerprint density at radius 3 is 2.47 bits per heavy atom. The van der Waals surface area contributed by atoms with Crippen molar-refractivity contribution in [2.75, 3.05) is 39.0 Å². The highest BCUT2D eigenvalue weighted by molar-refractivity contribution is 14.0. The van der Waals surface area contributed by atoms with Crippen LogP contribution in [0.25, 0.3) is 0 Å². The van der Waals surface area contributed by atoms with Crippen molar-refractivity contribution in [2.24, 2.45) is 10.9 Å². The predicted octanol–water partition coefficient (Wildman–Crippen LogP) is 3.19. The zero-order chi connectivity index (χ0) is 20.5. The van der Waals surface area contributed by atoms with E-state index in [1.54, 1.807) is 31.3 Å². The van der Waals surface area contributed by atoms with Crippen LogP contribution in [-0.4, -0.2) is 58.3 Å². The SMILES string of the molecule is CN=C(NCCS(=O)(=O)c1ccccc1)N1CCC(COCc2ccccc2)C1.I. The van der Waals surface area contributed by atoms with Crippen molar-refractivity contribution in [1.82, 2.24) is 10.2 Å². The molecule has 6 nitrogen and oxygen atoms in total. The first-order valence-corrected chi connectivity index (χ1v) is 11.6. The number of hydrogen-bond donors (Lipinski definition) is 1. The van der Waals surface area contributed by atoms with Crippen molar-refractivity contribution in [3.63, 3.8) is 0 Å². The molecular formula is C22H30IN3O3S. The van der Waals surface area contributed by atoms with Gasteiger partial charge in [0.05, 0.1) is 23.9 Å². The topological polar surface area (TPSA) is 71.0 Å². The van der Waals surface area contributed by atoms with Crippen LogP contribution in [0.5, 0.6) is 0 Å². The number of sulfone groups is 1. The van der Waals surface area contributed by atoms with Crippen molar-refractivity contribution < 1.29 is 13.2 Å². The molecule has 1 fully saturated rings. The Morgan fingerprint density at radius 2 is 1.80 bits per heavy atom. The minimum Gasteiger partial charge on any atom is -0.376 e. The molecule has 1 unspecified atom stereocenters. The monoisotopic (exact) mass is 543 g/mol. The lowest BCUT2D eigenvalue weighted by Crippen LogP contribution is -2.42. The minimum atomic E-state index is -3.29. The van der Waals surface area contributed by atoms with Gasteiger partial charge in [0.15, 0.2) is 15.8 Å². The molecule has 0 amide bonds. The summed E-state index contributed by atoms with van der Waals surface area (Å²) in [5.74, 6) is 1.23. The van der Waals surface area contributed by atoms with Crippen LogP contribution in [0.4, 0.5) is 0 Å². The molecule has 8 heteroatoms. The van der Waals surface area contributed by atoms with Gasteiger partial charge in [0.2, 0.25) is 0 Å². The van der Waals surface area contributed by atoms with E-state index in [1.165, 1.54) is 5.56 Å². The molecular weight excluding hydrogens is 513 g/mol. The molecule has 0 aromatic heterocycles. The molecule has 0 radical (unpaired) electrons. The molecule has 1 N–H and O–H groups in total. The van der Waals surface area contributed by atoms with Gasteiger partial charge in [-0.3, -0.25) is 4.99 Å². The zero-order valence-corrected chi connectivity index (χ0v) is 20.4. The van der Waals surface area contributed by atoms with E-state index in [1.807, 2.05) is 24.3 Å². The Kier molecular flexibility index (Phi) is 10.1. The first-order chi connectivity index (χ1) is 14.1. The maximum absolute atomic E-state index is 12.4.